The van der Waals surface area contributed by atoms with Crippen molar-refractivity contribution < 1.29 is 13.5 Å². The fraction of sp³-hybridized carbons (Fsp3) is 0.308. The van der Waals surface area contributed by atoms with E-state index in [1.807, 2.05) is 0 Å². The summed E-state index contributed by atoms with van der Waals surface area (Å²) in [6, 6.07) is 7.07. The van der Waals surface area contributed by atoms with Gasteiger partial charge in [0.05, 0.1) is 6.61 Å². The van der Waals surface area contributed by atoms with Gasteiger partial charge in [-0.05, 0) is 18.1 Å². The average molecular weight is 295 g/mol. The van der Waals surface area contributed by atoms with E-state index in [1.165, 1.54) is 6.20 Å². The Morgan fingerprint density at radius 1 is 1.25 bits per heavy atom. The Balaban J connectivity index is 2.08. The molecule has 1 heterocycles. The number of aliphatic hydroxyl groups is 1. The molecule has 0 saturated heterocycles. The van der Waals surface area contributed by atoms with E-state index in [-0.39, 0.29) is 18.2 Å². The van der Waals surface area contributed by atoms with Gasteiger partial charge in [0, 0.05) is 19.8 Å². The van der Waals surface area contributed by atoms with Crippen molar-refractivity contribution >= 4 is 10.0 Å². The summed E-state index contributed by atoms with van der Waals surface area (Å²) in [6.07, 6.45) is 1.48. The molecule has 0 aliphatic heterocycles. The van der Waals surface area contributed by atoms with Gasteiger partial charge in [0.2, 0.25) is 0 Å². The van der Waals surface area contributed by atoms with E-state index in [0.29, 0.717) is 5.82 Å². The quantitative estimate of drug-likeness (QED) is 0.850. The molecule has 0 aliphatic carbocycles. The van der Waals surface area contributed by atoms with Gasteiger partial charge in [-0.1, -0.05) is 24.3 Å². The predicted molar refractivity (Wildman–Crippen MR) is 74.3 cm³/mol. The molecule has 2 rings (SSSR count). The van der Waals surface area contributed by atoms with Crippen molar-refractivity contribution in [2.75, 3.05) is 0 Å². The number of imidazole rings is 1. The SMILES string of the molecule is Cc1nc(S(=O)(=O)NCc2ccc(CO)cc2)cn1C. The first kappa shape index (κ1) is 14.7. The van der Waals surface area contributed by atoms with Crippen molar-refractivity contribution in [3.8, 4) is 0 Å². The fourth-order valence-electron chi connectivity index (χ4n) is 1.67. The molecule has 0 fully saturated rings. The number of nitrogens with one attached hydrogen (secondary N) is 1. The van der Waals surface area contributed by atoms with Crippen molar-refractivity contribution in [3.05, 3.63) is 47.4 Å². The summed E-state index contributed by atoms with van der Waals surface area (Å²) in [5.74, 6) is 0.637. The lowest BCUT2D eigenvalue weighted by Gasteiger charge is -2.05. The maximum Gasteiger partial charge on any atom is 0.259 e. The van der Waals surface area contributed by atoms with Crippen LogP contribution in [-0.4, -0.2) is 23.1 Å². The molecule has 2 N–H and O–H groups in total. The molecule has 0 saturated carbocycles. The number of hydrogen-bond donors (Lipinski definition) is 2. The predicted octanol–water partition coefficient (Wildman–Crippen LogP) is 0.699. The van der Waals surface area contributed by atoms with Gasteiger partial charge in [0.25, 0.3) is 10.0 Å². The maximum absolute atomic E-state index is 12.1. The van der Waals surface area contributed by atoms with Crippen LogP contribution in [0, 0.1) is 6.92 Å². The summed E-state index contributed by atoms with van der Waals surface area (Å²) >= 11 is 0. The zero-order chi connectivity index (χ0) is 14.8. The first-order valence-corrected chi connectivity index (χ1v) is 7.59. The number of aliphatic hydroxyl groups excluding tert-OH is 1. The highest BCUT2D eigenvalue weighted by molar-refractivity contribution is 7.89. The first-order chi connectivity index (χ1) is 9.42. The Labute approximate surface area is 118 Å². The Morgan fingerprint density at radius 2 is 1.85 bits per heavy atom. The van der Waals surface area contributed by atoms with Crippen LogP contribution in [0.15, 0.2) is 35.5 Å². The average Bonchev–Trinajstić information content (AvgIpc) is 2.78. The number of rotatable bonds is 5. The Bertz CT molecular complexity index is 671. The molecule has 0 aliphatic rings. The van der Waals surface area contributed by atoms with Crippen LogP contribution in [0.5, 0.6) is 0 Å². The van der Waals surface area contributed by atoms with Gasteiger partial charge in [-0.3, -0.25) is 0 Å². The summed E-state index contributed by atoms with van der Waals surface area (Å²) in [5, 5.41) is 8.96. The van der Waals surface area contributed by atoms with Crippen LogP contribution in [0.4, 0.5) is 0 Å². The molecule has 2 aromatic rings. The smallest absolute Gasteiger partial charge is 0.259 e. The molecule has 20 heavy (non-hydrogen) atoms. The second-order valence-electron chi connectivity index (χ2n) is 4.54. The Hall–Kier alpha value is -1.70. The normalized spacial score (nSPS) is 11.8. The van der Waals surface area contributed by atoms with E-state index >= 15 is 0 Å². The van der Waals surface area contributed by atoms with Crippen LogP contribution in [0.2, 0.25) is 0 Å². The van der Waals surface area contributed by atoms with Gasteiger partial charge < -0.3 is 9.67 Å². The third-order valence-electron chi connectivity index (χ3n) is 3.03. The van der Waals surface area contributed by atoms with E-state index in [9.17, 15) is 8.42 Å². The van der Waals surface area contributed by atoms with Crippen LogP contribution in [-0.2, 0) is 30.2 Å². The van der Waals surface area contributed by atoms with E-state index < -0.39 is 10.0 Å². The molecule has 0 spiro atoms. The molecule has 6 nitrogen and oxygen atoms in total. The molecule has 1 aromatic carbocycles. The van der Waals surface area contributed by atoms with Crippen LogP contribution in [0.3, 0.4) is 0 Å². The summed E-state index contributed by atoms with van der Waals surface area (Å²) in [4.78, 5) is 4.00. The number of nitrogens with zero attached hydrogens (tertiary/aromatic N) is 2. The molecule has 0 bridgehead atoms. The number of benzene rings is 1. The summed E-state index contributed by atoms with van der Waals surface area (Å²) < 4.78 is 28.3. The van der Waals surface area contributed by atoms with Crippen molar-refractivity contribution in [1.82, 2.24) is 14.3 Å². The van der Waals surface area contributed by atoms with Gasteiger partial charge in [0.1, 0.15) is 5.82 Å². The molecule has 0 radical (unpaired) electrons. The van der Waals surface area contributed by atoms with Gasteiger partial charge in [-0.15, -0.1) is 0 Å². The van der Waals surface area contributed by atoms with Crippen molar-refractivity contribution in [3.63, 3.8) is 0 Å². The monoisotopic (exact) mass is 295 g/mol. The molecule has 0 atom stereocenters. The molecule has 108 valence electrons. The molecule has 1 aromatic heterocycles. The lowest BCUT2D eigenvalue weighted by atomic mass is 10.1. The second-order valence-corrected chi connectivity index (χ2v) is 6.25. The lowest BCUT2D eigenvalue weighted by molar-refractivity contribution is 0.282. The molecule has 0 unspecified atom stereocenters. The zero-order valence-corrected chi connectivity index (χ0v) is 12.2. The van der Waals surface area contributed by atoms with E-state index in [1.54, 1.807) is 42.8 Å². The Kier molecular flexibility index (Phi) is 4.22. The van der Waals surface area contributed by atoms with E-state index in [4.69, 9.17) is 5.11 Å². The zero-order valence-electron chi connectivity index (χ0n) is 11.4. The summed E-state index contributed by atoms with van der Waals surface area (Å²) in [7, 11) is -1.86. The van der Waals surface area contributed by atoms with Crippen LogP contribution >= 0.6 is 0 Å². The highest BCUT2D eigenvalue weighted by Crippen LogP contribution is 2.09. The van der Waals surface area contributed by atoms with Gasteiger partial charge in [0.15, 0.2) is 5.03 Å². The summed E-state index contributed by atoms with van der Waals surface area (Å²) in [6.45, 7) is 1.90. The van der Waals surface area contributed by atoms with Crippen molar-refractivity contribution in [2.45, 2.75) is 25.1 Å². The van der Waals surface area contributed by atoms with Crippen molar-refractivity contribution in [2.24, 2.45) is 7.05 Å². The number of hydrogen-bond acceptors (Lipinski definition) is 4. The number of aryl methyl sites for hydroxylation is 2. The first-order valence-electron chi connectivity index (χ1n) is 6.10. The molecule has 0 amide bonds. The lowest BCUT2D eigenvalue weighted by Crippen LogP contribution is -2.23. The standard InChI is InChI=1S/C13H17N3O3S/c1-10-15-13(8-16(10)2)20(18,19)14-7-11-3-5-12(9-17)6-4-11/h3-6,8,14,17H,7,9H2,1-2H3. The van der Waals surface area contributed by atoms with E-state index in [2.05, 4.69) is 9.71 Å². The molecule has 7 heteroatoms. The molecular formula is C13H17N3O3S. The van der Waals surface area contributed by atoms with Crippen LogP contribution < -0.4 is 4.72 Å². The van der Waals surface area contributed by atoms with Gasteiger partial charge >= 0.3 is 0 Å². The minimum absolute atomic E-state index is 0.0180. The largest absolute Gasteiger partial charge is 0.392 e. The fourth-order valence-corrected chi connectivity index (χ4v) is 2.72. The maximum atomic E-state index is 12.1. The third kappa shape index (κ3) is 3.24. The third-order valence-corrected chi connectivity index (χ3v) is 4.31. The molecular weight excluding hydrogens is 278 g/mol. The Morgan fingerprint density at radius 3 is 2.35 bits per heavy atom. The number of aromatic nitrogens is 2. The highest BCUT2D eigenvalue weighted by atomic mass is 32.2. The highest BCUT2D eigenvalue weighted by Gasteiger charge is 2.17. The number of sulfonamides is 1. The second kappa shape index (κ2) is 5.74. The van der Waals surface area contributed by atoms with Crippen LogP contribution in [0.1, 0.15) is 17.0 Å². The van der Waals surface area contributed by atoms with Crippen LogP contribution in [0.25, 0.3) is 0 Å². The van der Waals surface area contributed by atoms with E-state index in [0.717, 1.165) is 11.1 Å². The topological polar surface area (TPSA) is 84.2 Å². The van der Waals surface area contributed by atoms with Crippen molar-refractivity contribution in [1.29, 1.82) is 0 Å². The minimum Gasteiger partial charge on any atom is -0.392 e. The van der Waals surface area contributed by atoms with Gasteiger partial charge in [-0.2, -0.15) is 0 Å². The van der Waals surface area contributed by atoms with Gasteiger partial charge in [-0.25, -0.2) is 18.1 Å². The minimum atomic E-state index is -3.61. The summed E-state index contributed by atoms with van der Waals surface area (Å²) in [5.41, 5.74) is 1.61.